The summed E-state index contributed by atoms with van der Waals surface area (Å²) >= 11 is 6.21. The van der Waals surface area contributed by atoms with E-state index in [9.17, 15) is 4.79 Å². The van der Waals surface area contributed by atoms with Crippen LogP contribution < -0.4 is 9.64 Å². The number of anilines is 1. The molecule has 1 aliphatic rings. The van der Waals surface area contributed by atoms with Crippen molar-refractivity contribution in [3.63, 3.8) is 0 Å². The molecule has 2 aromatic rings. The van der Waals surface area contributed by atoms with Crippen molar-refractivity contribution >= 4 is 23.2 Å². The molecule has 132 valence electrons. The van der Waals surface area contributed by atoms with Crippen LogP contribution in [0.1, 0.15) is 11.1 Å². The molecule has 0 radical (unpaired) electrons. The number of amides is 1. The van der Waals surface area contributed by atoms with Crippen molar-refractivity contribution in [2.24, 2.45) is 0 Å². The van der Waals surface area contributed by atoms with Gasteiger partial charge in [-0.25, -0.2) is 0 Å². The molecular weight excluding hydrogens is 336 g/mol. The van der Waals surface area contributed by atoms with Gasteiger partial charge in [-0.1, -0.05) is 41.4 Å². The lowest BCUT2D eigenvalue weighted by Crippen LogP contribution is -2.49. The molecule has 1 heterocycles. The lowest BCUT2D eigenvalue weighted by atomic mass is 10.1. The maximum absolute atomic E-state index is 12.5. The van der Waals surface area contributed by atoms with E-state index in [-0.39, 0.29) is 5.91 Å². The predicted octanol–water partition coefficient (Wildman–Crippen LogP) is 3.55. The smallest absolute Gasteiger partial charge is 0.227 e. The standard InChI is InChI=1S/C20H23ClN2O2/c1-15-3-5-16(6-4-15)13-20(24)23-11-9-22(10-12-23)17-7-8-19(25-2)18(21)14-17/h3-8,14H,9-13H2,1-2H3. The van der Waals surface area contributed by atoms with Crippen molar-refractivity contribution in [2.75, 3.05) is 38.2 Å². The first-order valence-electron chi connectivity index (χ1n) is 8.48. The monoisotopic (exact) mass is 358 g/mol. The van der Waals surface area contributed by atoms with E-state index in [2.05, 4.69) is 11.8 Å². The van der Waals surface area contributed by atoms with Gasteiger partial charge >= 0.3 is 0 Å². The number of carbonyl (C=O) groups is 1. The highest BCUT2D eigenvalue weighted by molar-refractivity contribution is 6.32. The van der Waals surface area contributed by atoms with Crippen LogP contribution in [0.5, 0.6) is 5.75 Å². The minimum Gasteiger partial charge on any atom is -0.495 e. The lowest BCUT2D eigenvalue weighted by molar-refractivity contribution is -0.130. The van der Waals surface area contributed by atoms with Crippen LogP contribution in [-0.4, -0.2) is 44.1 Å². The van der Waals surface area contributed by atoms with Gasteiger partial charge in [-0.05, 0) is 30.7 Å². The van der Waals surface area contributed by atoms with Crippen LogP contribution in [0.4, 0.5) is 5.69 Å². The van der Waals surface area contributed by atoms with Gasteiger partial charge in [-0.2, -0.15) is 0 Å². The third kappa shape index (κ3) is 4.26. The van der Waals surface area contributed by atoms with Gasteiger partial charge in [-0.15, -0.1) is 0 Å². The molecule has 0 spiro atoms. The van der Waals surface area contributed by atoms with Crippen molar-refractivity contribution in [3.05, 3.63) is 58.6 Å². The van der Waals surface area contributed by atoms with Crippen LogP contribution in [-0.2, 0) is 11.2 Å². The highest BCUT2D eigenvalue weighted by atomic mass is 35.5. The molecule has 0 bridgehead atoms. The van der Waals surface area contributed by atoms with E-state index >= 15 is 0 Å². The summed E-state index contributed by atoms with van der Waals surface area (Å²) in [5.41, 5.74) is 3.35. The number of halogens is 1. The molecule has 0 saturated carbocycles. The number of piperazine rings is 1. The third-order valence-corrected chi connectivity index (χ3v) is 4.90. The molecule has 5 heteroatoms. The highest BCUT2D eigenvalue weighted by Crippen LogP contribution is 2.29. The fourth-order valence-corrected chi connectivity index (χ4v) is 3.31. The second kappa shape index (κ2) is 7.79. The molecule has 0 aliphatic carbocycles. The fraction of sp³-hybridized carbons (Fsp3) is 0.350. The van der Waals surface area contributed by atoms with E-state index in [0.717, 1.165) is 37.4 Å². The zero-order valence-electron chi connectivity index (χ0n) is 14.7. The number of nitrogens with zero attached hydrogens (tertiary/aromatic N) is 2. The van der Waals surface area contributed by atoms with Crippen LogP contribution in [0.15, 0.2) is 42.5 Å². The molecule has 1 fully saturated rings. The number of aryl methyl sites for hydroxylation is 1. The average Bonchev–Trinajstić information content (AvgIpc) is 2.63. The summed E-state index contributed by atoms with van der Waals surface area (Å²) in [6.07, 6.45) is 0.467. The predicted molar refractivity (Wildman–Crippen MR) is 102 cm³/mol. The molecule has 1 saturated heterocycles. The van der Waals surface area contributed by atoms with Gasteiger partial charge in [0.2, 0.25) is 5.91 Å². The topological polar surface area (TPSA) is 32.8 Å². The fourth-order valence-electron chi connectivity index (χ4n) is 3.06. The maximum atomic E-state index is 12.5. The molecule has 4 nitrogen and oxygen atoms in total. The van der Waals surface area contributed by atoms with Crippen molar-refractivity contribution in [1.29, 1.82) is 0 Å². The zero-order valence-corrected chi connectivity index (χ0v) is 15.4. The van der Waals surface area contributed by atoms with Crippen molar-refractivity contribution in [1.82, 2.24) is 4.90 Å². The number of methoxy groups -OCH3 is 1. The van der Waals surface area contributed by atoms with Gasteiger partial charge < -0.3 is 14.5 Å². The molecule has 25 heavy (non-hydrogen) atoms. The average molecular weight is 359 g/mol. The second-order valence-electron chi connectivity index (χ2n) is 6.35. The largest absolute Gasteiger partial charge is 0.495 e. The number of rotatable bonds is 4. The van der Waals surface area contributed by atoms with Gasteiger partial charge in [0, 0.05) is 31.9 Å². The molecule has 1 aliphatic heterocycles. The molecule has 0 unspecified atom stereocenters. The first kappa shape index (κ1) is 17.6. The molecular formula is C20H23ClN2O2. The van der Waals surface area contributed by atoms with Crippen molar-refractivity contribution in [2.45, 2.75) is 13.3 Å². The molecule has 3 rings (SSSR count). The number of benzene rings is 2. The molecule has 0 N–H and O–H groups in total. The Labute approximate surface area is 154 Å². The minimum absolute atomic E-state index is 0.191. The van der Waals surface area contributed by atoms with Crippen LogP contribution in [0.2, 0.25) is 5.02 Å². The van der Waals surface area contributed by atoms with Crippen molar-refractivity contribution in [3.8, 4) is 5.75 Å². The Hall–Kier alpha value is -2.20. The molecule has 0 aromatic heterocycles. The van der Waals surface area contributed by atoms with Crippen LogP contribution in [0.25, 0.3) is 0 Å². The number of carbonyl (C=O) groups excluding carboxylic acids is 1. The quantitative estimate of drug-likeness (QED) is 0.838. The number of ether oxygens (including phenoxy) is 1. The Morgan fingerprint density at radius 2 is 1.76 bits per heavy atom. The maximum Gasteiger partial charge on any atom is 0.227 e. The van der Waals surface area contributed by atoms with Gasteiger partial charge in [0.05, 0.1) is 18.6 Å². The van der Waals surface area contributed by atoms with E-state index in [1.54, 1.807) is 7.11 Å². The van der Waals surface area contributed by atoms with Gasteiger partial charge in [-0.3, -0.25) is 4.79 Å². The Kier molecular flexibility index (Phi) is 5.49. The minimum atomic E-state index is 0.191. The van der Waals surface area contributed by atoms with E-state index < -0.39 is 0 Å². The van der Waals surface area contributed by atoms with E-state index in [1.165, 1.54) is 5.56 Å². The van der Waals surface area contributed by atoms with Gasteiger partial charge in [0.25, 0.3) is 0 Å². The summed E-state index contributed by atoms with van der Waals surface area (Å²) in [6, 6.07) is 14.0. The summed E-state index contributed by atoms with van der Waals surface area (Å²) in [5.74, 6) is 0.869. The van der Waals surface area contributed by atoms with Crippen LogP contribution >= 0.6 is 11.6 Å². The molecule has 1 amide bonds. The summed E-state index contributed by atoms with van der Waals surface area (Å²) in [4.78, 5) is 16.7. The Bertz CT molecular complexity index is 738. The summed E-state index contributed by atoms with van der Waals surface area (Å²) in [7, 11) is 1.61. The van der Waals surface area contributed by atoms with Gasteiger partial charge in [0.15, 0.2) is 0 Å². The SMILES string of the molecule is COc1ccc(N2CCN(C(=O)Cc3ccc(C)cc3)CC2)cc1Cl. The highest BCUT2D eigenvalue weighted by Gasteiger charge is 2.21. The number of hydrogen-bond donors (Lipinski definition) is 0. The first-order valence-corrected chi connectivity index (χ1v) is 8.86. The first-order chi connectivity index (χ1) is 12.1. The summed E-state index contributed by atoms with van der Waals surface area (Å²) in [6.45, 7) is 5.13. The van der Waals surface area contributed by atoms with Crippen molar-refractivity contribution < 1.29 is 9.53 Å². The van der Waals surface area contributed by atoms with E-state index in [1.807, 2.05) is 47.4 Å². The Morgan fingerprint density at radius 3 is 2.36 bits per heavy atom. The third-order valence-electron chi connectivity index (χ3n) is 4.61. The Balaban J connectivity index is 1.57. The second-order valence-corrected chi connectivity index (χ2v) is 6.76. The molecule has 2 aromatic carbocycles. The normalized spacial score (nSPS) is 14.5. The summed E-state index contributed by atoms with van der Waals surface area (Å²) < 4.78 is 5.20. The lowest BCUT2D eigenvalue weighted by Gasteiger charge is -2.36. The zero-order chi connectivity index (χ0) is 17.8. The van der Waals surface area contributed by atoms with E-state index in [0.29, 0.717) is 17.2 Å². The Morgan fingerprint density at radius 1 is 1.08 bits per heavy atom. The summed E-state index contributed by atoms with van der Waals surface area (Å²) in [5, 5.41) is 0.609. The number of hydrogen-bond acceptors (Lipinski definition) is 3. The van der Waals surface area contributed by atoms with Crippen LogP contribution in [0.3, 0.4) is 0 Å². The molecule has 0 atom stereocenters. The van der Waals surface area contributed by atoms with E-state index in [4.69, 9.17) is 16.3 Å². The van der Waals surface area contributed by atoms with Gasteiger partial charge in [0.1, 0.15) is 5.75 Å². The van der Waals surface area contributed by atoms with Crippen LogP contribution in [0, 0.1) is 6.92 Å².